The Labute approximate surface area is 101 Å². The van der Waals surface area contributed by atoms with Crippen LogP contribution in [0.1, 0.15) is 37.4 Å². The Kier molecular flexibility index (Phi) is 2.82. The summed E-state index contributed by atoms with van der Waals surface area (Å²) in [5.41, 5.74) is 2.16. The van der Waals surface area contributed by atoms with Gasteiger partial charge in [0, 0.05) is 25.5 Å². The van der Waals surface area contributed by atoms with Gasteiger partial charge in [-0.15, -0.1) is 0 Å². The molecule has 0 N–H and O–H groups in total. The number of carbonyl (C=O) groups excluding carboxylic acids is 1. The Morgan fingerprint density at radius 3 is 2.69 bits per heavy atom. The summed E-state index contributed by atoms with van der Waals surface area (Å²) >= 11 is 6.21. The summed E-state index contributed by atoms with van der Waals surface area (Å²) in [7, 11) is 1.85. The number of aromatic nitrogens is 2. The van der Waals surface area contributed by atoms with E-state index in [2.05, 4.69) is 12.0 Å². The molecule has 0 bridgehead atoms. The van der Waals surface area contributed by atoms with Gasteiger partial charge in [0.15, 0.2) is 0 Å². The molecule has 0 radical (unpaired) electrons. The predicted octanol–water partition coefficient (Wildman–Crippen LogP) is 2.68. The lowest BCUT2D eigenvalue weighted by molar-refractivity contribution is -0.117. The van der Waals surface area contributed by atoms with Crippen molar-refractivity contribution in [2.45, 2.75) is 39.5 Å². The largest absolute Gasteiger partial charge is 0.300 e. The summed E-state index contributed by atoms with van der Waals surface area (Å²) in [5, 5.41) is 5.01. The molecular formula is C12H17ClN2O. The van der Waals surface area contributed by atoms with E-state index >= 15 is 0 Å². The molecular weight excluding hydrogens is 224 g/mol. The number of Topliss-reactive ketones (excluding diaryl/α,β-unsaturated/α-hetero) is 1. The summed E-state index contributed by atoms with van der Waals surface area (Å²) in [5.74, 6) is 0.375. The van der Waals surface area contributed by atoms with E-state index in [1.54, 1.807) is 4.68 Å². The predicted molar refractivity (Wildman–Crippen MR) is 63.6 cm³/mol. The number of hydrogen-bond acceptors (Lipinski definition) is 2. The average Bonchev–Trinajstić information content (AvgIpc) is 2.63. The first-order valence-electron chi connectivity index (χ1n) is 5.61. The van der Waals surface area contributed by atoms with E-state index in [0.29, 0.717) is 23.8 Å². The van der Waals surface area contributed by atoms with E-state index in [9.17, 15) is 4.79 Å². The fraction of sp³-hybridized carbons (Fsp3) is 0.667. The molecule has 1 fully saturated rings. The normalized spacial score (nSPS) is 25.4. The van der Waals surface area contributed by atoms with E-state index in [1.807, 2.05) is 14.0 Å². The molecule has 1 atom stereocenters. The molecule has 1 heterocycles. The molecule has 1 aromatic rings. The number of carbonyl (C=O) groups is 1. The fourth-order valence-corrected chi connectivity index (χ4v) is 2.79. The Balaban J connectivity index is 2.24. The molecule has 1 aromatic heterocycles. The number of ketones is 1. The van der Waals surface area contributed by atoms with Gasteiger partial charge in [0.25, 0.3) is 0 Å². The Morgan fingerprint density at radius 1 is 1.56 bits per heavy atom. The lowest BCUT2D eigenvalue weighted by Crippen LogP contribution is -2.16. The lowest BCUT2D eigenvalue weighted by atomic mass is 9.82. The van der Waals surface area contributed by atoms with Gasteiger partial charge in [-0.25, -0.2) is 0 Å². The zero-order valence-corrected chi connectivity index (χ0v) is 10.8. The van der Waals surface area contributed by atoms with E-state index in [4.69, 9.17) is 11.6 Å². The standard InChI is InChI=1S/C12H17ClN2O/c1-8-10(11(13)15(3)14-8)7-12(2)5-4-9(16)6-12/h4-7H2,1-3H3. The topological polar surface area (TPSA) is 34.9 Å². The molecule has 16 heavy (non-hydrogen) atoms. The molecule has 4 heteroatoms. The first kappa shape index (κ1) is 11.6. The van der Waals surface area contributed by atoms with Gasteiger partial charge >= 0.3 is 0 Å². The van der Waals surface area contributed by atoms with Crippen LogP contribution in [-0.2, 0) is 18.3 Å². The van der Waals surface area contributed by atoms with Crippen molar-refractivity contribution in [1.29, 1.82) is 0 Å². The zero-order valence-electron chi connectivity index (χ0n) is 10.0. The SMILES string of the molecule is Cc1nn(C)c(Cl)c1CC1(C)CCC(=O)C1. The third-order valence-electron chi connectivity index (χ3n) is 3.50. The number of hydrogen-bond donors (Lipinski definition) is 0. The van der Waals surface area contributed by atoms with Crippen LogP contribution in [0.3, 0.4) is 0 Å². The van der Waals surface area contributed by atoms with Crippen LogP contribution in [0.5, 0.6) is 0 Å². The van der Waals surface area contributed by atoms with Crippen molar-refractivity contribution in [3.8, 4) is 0 Å². The van der Waals surface area contributed by atoms with Gasteiger partial charge in [-0.3, -0.25) is 9.48 Å². The van der Waals surface area contributed by atoms with Crippen molar-refractivity contribution in [3.05, 3.63) is 16.4 Å². The fourth-order valence-electron chi connectivity index (χ4n) is 2.55. The molecule has 0 spiro atoms. The van der Waals surface area contributed by atoms with Gasteiger partial charge < -0.3 is 0 Å². The molecule has 88 valence electrons. The van der Waals surface area contributed by atoms with Crippen molar-refractivity contribution in [2.24, 2.45) is 12.5 Å². The highest BCUT2D eigenvalue weighted by Gasteiger charge is 2.35. The van der Waals surface area contributed by atoms with Gasteiger partial charge in [-0.2, -0.15) is 5.10 Å². The molecule has 0 aliphatic heterocycles. The van der Waals surface area contributed by atoms with Crippen molar-refractivity contribution in [3.63, 3.8) is 0 Å². The third-order valence-corrected chi connectivity index (χ3v) is 3.98. The van der Waals surface area contributed by atoms with Crippen LogP contribution in [-0.4, -0.2) is 15.6 Å². The van der Waals surface area contributed by atoms with Crippen molar-refractivity contribution in [1.82, 2.24) is 9.78 Å². The van der Waals surface area contributed by atoms with Gasteiger partial charge in [-0.1, -0.05) is 18.5 Å². The van der Waals surface area contributed by atoms with E-state index < -0.39 is 0 Å². The first-order valence-corrected chi connectivity index (χ1v) is 5.99. The minimum atomic E-state index is 0.0779. The smallest absolute Gasteiger partial charge is 0.133 e. The Bertz CT molecular complexity index is 438. The zero-order chi connectivity index (χ0) is 11.9. The van der Waals surface area contributed by atoms with Gasteiger partial charge in [0.2, 0.25) is 0 Å². The summed E-state index contributed by atoms with van der Waals surface area (Å²) < 4.78 is 1.70. The van der Waals surface area contributed by atoms with Crippen molar-refractivity contribution >= 4 is 17.4 Å². The van der Waals surface area contributed by atoms with E-state index in [1.165, 1.54) is 0 Å². The highest BCUT2D eigenvalue weighted by atomic mass is 35.5. The Morgan fingerprint density at radius 2 is 2.25 bits per heavy atom. The van der Waals surface area contributed by atoms with Crippen LogP contribution in [0.25, 0.3) is 0 Å². The maximum absolute atomic E-state index is 11.4. The van der Waals surface area contributed by atoms with Crippen molar-refractivity contribution < 1.29 is 4.79 Å². The van der Waals surface area contributed by atoms with E-state index in [0.717, 1.165) is 24.1 Å². The van der Waals surface area contributed by atoms with Crippen LogP contribution >= 0.6 is 11.6 Å². The molecule has 1 aliphatic rings. The Hall–Kier alpha value is -0.830. The average molecular weight is 241 g/mol. The highest BCUT2D eigenvalue weighted by Crippen LogP contribution is 2.40. The van der Waals surface area contributed by atoms with Crippen LogP contribution < -0.4 is 0 Å². The summed E-state index contributed by atoms with van der Waals surface area (Å²) in [6, 6.07) is 0. The summed E-state index contributed by atoms with van der Waals surface area (Å²) in [6.07, 6.45) is 3.22. The molecule has 0 amide bonds. The maximum atomic E-state index is 11.4. The summed E-state index contributed by atoms with van der Waals surface area (Å²) in [6.45, 7) is 4.14. The van der Waals surface area contributed by atoms with Gasteiger partial charge in [0.05, 0.1) is 5.69 Å². The monoisotopic (exact) mass is 240 g/mol. The van der Waals surface area contributed by atoms with Crippen molar-refractivity contribution in [2.75, 3.05) is 0 Å². The third kappa shape index (κ3) is 2.01. The second kappa shape index (κ2) is 3.88. The molecule has 1 aliphatic carbocycles. The van der Waals surface area contributed by atoms with Gasteiger partial charge in [0.1, 0.15) is 10.9 Å². The summed E-state index contributed by atoms with van der Waals surface area (Å²) in [4.78, 5) is 11.4. The molecule has 1 saturated carbocycles. The molecule has 2 rings (SSSR count). The second-order valence-corrected chi connectivity index (χ2v) is 5.54. The van der Waals surface area contributed by atoms with Gasteiger partial charge in [-0.05, 0) is 25.2 Å². The molecule has 1 unspecified atom stereocenters. The minimum Gasteiger partial charge on any atom is -0.300 e. The number of nitrogens with zero attached hydrogens (tertiary/aromatic N) is 2. The second-order valence-electron chi connectivity index (χ2n) is 5.18. The number of aryl methyl sites for hydroxylation is 2. The van der Waals surface area contributed by atoms with Crippen LogP contribution in [0.2, 0.25) is 5.15 Å². The van der Waals surface area contributed by atoms with Crippen LogP contribution in [0.4, 0.5) is 0 Å². The van der Waals surface area contributed by atoms with E-state index in [-0.39, 0.29) is 5.41 Å². The highest BCUT2D eigenvalue weighted by molar-refractivity contribution is 6.30. The first-order chi connectivity index (χ1) is 7.41. The maximum Gasteiger partial charge on any atom is 0.133 e. The molecule has 3 nitrogen and oxygen atoms in total. The number of rotatable bonds is 2. The van der Waals surface area contributed by atoms with Crippen LogP contribution in [0, 0.1) is 12.3 Å². The molecule has 0 saturated heterocycles. The minimum absolute atomic E-state index is 0.0779. The molecule has 0 aromatic carbocycles. The quantitative estimate of drug-likeness (QED) is 0.797. The number of halogens is 1. The van der Waals surface area contributed by atoms with Crippen LogP contribution in [0.15, 0.2) is 0 Å². The lowest BCUT2D eigenvalue weighted by Gasteiger charge is -2.22.